The predicted molar refractivity (Wildman–Crippen MR) is 63.2 cm³/mol. The van der Waals surface area contributed by atoms with Gasteiger partial charge in [0.25, 0.3) is 0 Å². The lowest BCUT2D eigenvalue weighted by Crippen LogP contribution is -2.24. The quantitative estimate of drug-likeness (QED) is 0.848. The first-order valence-electron chi connectivity index (χ1n) is 5.27. The molecule has 0 aromatic carbocycles. The van der Waals surface area contributed by atoms with Crippen molar-refractivity contribution in [3.8, 4) is 0 Å². The third-order valence-electron chi connectivity index (χ3n) is 2.49. The molecule has 16 heavy (non-hydrogen) atoms. The van der Waals surface area contributed by atoms with E-state index >= 15 is 0 Å². The monoisotopic (exact) mass is 237 g/mol. The highest BCUT2D eigenvalue weighted by atomic mass is 32.1. The van der Waals surface area contributed by atoms with Gasteiger partial charge in [-0.15, -0.1) is 5.10 Å². The predicted octanol–water partition coefficient (Wildman–Crippen LogP) is 1.16. The second kappa shape index (κ2) is 5.18. The molecule has 6 heteroatoms. The van der Waals surface area contributed by atoms with Crippen LogP contribution in [0.1, 0.15) is 24.5 Å². The summed E-state index contributed by atoms with van der Waals surface area (Å²) in [6.07, 6.45) is 4.61. The van der Waals surface area contributed by atoms with Crippen molar-refractivity contribution in [2.24, 2.45) is 7.05 Å². The Labute approximate surface area is 98.7 Å². The SMILES string of the molecule is CCNC(Cc1nccn1C)c1csnn1. The van der Waals surface area contributed by atoms with Crippen molar-refractivity contribution in [3.05, 3.63) is 29.3 Å². The Hall–Kier alpha value is -1.27. The van der Waals surface area contributed by atoms with E-state index in [4.69, 9.17) is 0 Å². The number of nitrogens with one attached hydrogen (secondary N) is 1. The maximum atomic E-state index is 4.33. The van der Waals surface area contributed by atoms with Gasteiger partial charge in [-0.2, -0.15) is 0 Å². The van der Waals surface area contributed by atoms with Crippen LogP contribution in [-0.2, 0) is 13.5 Å². The van der Waals surface area contributed by atoms with Crippen molar-refractivity contribution in [1.29, 1.82) is 0 Å². The van der Waals surface area contributed by atoms with Crippen LogP contribution in [0.2, 0.25) is 0 Å². The van der Waals surface area contributed by atoms with Gasteiger partial charge in [0.15, 0.2) is 0 Å². The molecule has 2 aromatic heterocycles. The normalized spacial score (nSPS) is 12.9. The Bertz CT molecular complexity index is 422. The lowest BCUT2D eigenvalue weighted by molar-refractivity contribution is 0.516. The summed E-state index contributed by atoms with van der Waals surface area (Å²) < 4.78 is 5.93. The Morgan fingerprint density at radius 2 is 2.44 bits per heavy atom. The molecular formula is C10H15N5S. The molecule has 0 amide bonds. The molecule has 1 unspecified atom stereocenters. The van der Waals surface area contributed by atoms with E-state index in [-0.39, 0.29) is 6.04 Å². The molecule has 5 nitrogen and oxygen atoms in total. The number of imidazole rings is 1. The van der Waals surface area contributed by atoms with Crippen LogP contribution in [0.25, 0.3) is 0 Å². The van der Waals surface area contributed by atoms with Crippen LogP contribution in [0.15, 0.2) is 17.8 Å². The molecular weight excluding hydrogens is 222 g/mol. The maximum Gasteiger partial charge on any atom is 0.110 e. The highest BCUT2D eigenvalue weighted by Crippen LogP contribution is 2.15. The Morgan fingerprint density at radius 1 is 1.56 bits per heavy atom. The van der Waals surface area contributed by atoms with E-state index in [1.807, 2.05) is 29.4 Å². The van der Waals surface area contributed by atoms with Gasteiger partial charge in [0.05, 0.1) is 11.7 Å². The summed E-state index contributed by atoms with van der Waals surface area (Å²) in [5, 5.41) is 9.50. The fourth-order valence-electron chi connectivity index (χ4n) is 1.63. The number of aryl methyl sites for hydroxylation is 1. The van der Waals surface area contributed by atoms with Gasteiger partial charge in [-0.25, -0.2) is 4.98 Å². The van der Waals surface area contributed by atoms with Crippen molar-refractivity contribution >= 4 is 11.5 Å². The van der Waals surface area contributed by atoms with Gasteiger partial charge < -0.3 is 9.88 Å². The number of likely N-dealkylation sites (N-methyl/N-ethyl adjacent to an activating group) is 1. The largest absolute Gasteiger partial charge is 0.338 e. The van der Waals surface area contributed by atoms with E-state index < -0.39 is 0 Å². The van der Waals surface area contributed by atoms with E-state index in [0.717, 1.165) is 24.5 Å². The highest BCUT2D eigenvalue weighted by Gasteiger charge is 2.15. The second-order valence-corrected chi connectivity index (χ2v) is 4.21. The molecule has 0 aliphatic rings. The Morgan fingerprint density at radius 3 is 3.00 bits per heavy atom. The zero-order valence-electron chi connectivity index (χ0n) is 9.42. The summed E-state index contributed by atoms with van der Waals surface area (Å²) in [6.45, 7) is 3.00. The smallest absolute Gasteiger partial charge is 0.110 e. The standard InChI is InChI=1S/C10H15N5S/c1-3-11-8(9-7-16-14-13-9)6-10-12-4-5-15(10)2/h4-5,7-8,11H,3,6H2,1-2H3. The molecule has 2 aromatic rings. The number of hydrogen-bond donors (Lipinski definition) is 1. The van der Waals surface area contributed by atoms with Crippen molar-refractivity contribution in [3.63, 3.8) is 0 Å². The number of aromatic nitrogens is 4. The van der Waals surface area contributed by atoms with E-state index in [2.05, 4.69) is 26.8 Å². The molecule has 86 valence electrons. The average Bonchev–Trinajstić information content (AvgIpc) is 2.90. The number of rotatable bonds is 5. The van der Waals surface area contributed by atoms with Gasteiger partial charge in [-0.1, -0.05) is 11.4 Å². The minimum absolute atomic E-state index is 0.199. The zero-order chi connectivity index (χ0) is 11.4. The molecule has 0 aliphatic carbocycles. The fourth-order valence-corrected chi connectivity index (χ4v) is 2.14. The first-order valence-corrected chi connectivity index (χ1v) is 6.11. The van der Waals surface area contributed by atoms with Crippen LogP contribution >= 0.6 is 11.5 Å². The first kappa shape index (κ1) is 11.2. The molecule has 2 heterocycles. The fraction of sp³-hybridized carbons (Fsp3) is 0.500. The maximum absolute atomic E-state index is 4.33. The van der Waals surface area contributed by atoms with Gasteiger partial charge in [0.2, 0.25) is 0 Å². The van der Waals surface area contributed by atoms with Gasteiger partial charge in [0.1, 0.15) is 5.82 Å². The average molecular weight is 237 g/mol. The number of hydrogen-bond acceptors (Lipinski definition) is 5. The summed E-state index contributed by atoms with van der Waals surface area (Å²) in [5.74, 6) is 1.05. The Kier molecular flexibility index (Phi) is 3.63. The first-order chi connectivity index (χ1) is 7.81. The number of nitrogens with zero attached hydrogens (tertiary/aromatic N) is 4. The molecule has 2 rings (SSSR count). The van der Waals surface area contributed by atoms with E-state index in [1.54, 1.807) is 0 Å². The van der Waals surface area contributed by atoms with Crippen LogP contribution in [0.3, 0.4) is 0 Å². The van der Waals surface area contributed by atoms with Crippen LogP contribution in [-0.4, -0.2) is 25.7 Å². The zero-order valence-corrected chi connectivity index (χ0v) is 10.2. The summed E-state index contributed by atoms with van der Waals surface area (Å²) in [6, 6.07) is 0.199. The summed E-state index contributed by atoms with van der Waals surface area (Å²) in [5.41, 5.74) is 0.995. The summed E-state index contributed by atoms with van der Waals surface area (Å²) in [4.78, 5) is 4.33. The van der Waals surface area contributed by atoms with Crippen molar-refractivity contribution in [2.45, 2.75) is 19.4 Å². The van der Waals surface area contributed by atoms with Gasteiger partial charge in [-0.3, -0.25) is 0 Å². The van der Waals surface area contributed by atoms with E-state index in [1.165, 1.54) is 11.5 Å². The lowest BCUT2D eigenvalue weighted by atomic mass is 10.1. The minimum Gasteiger partial charge on any atom is -0.338 e. The second-order valence-electron chi connectivity index (χ2n) is 3.60. The third kappa shape index (κ3) is 2.45. The Balaban J connectivity index is 2.12. The molecule has 0 fully saturated rings. The van der Waals surface area contributed by atoms with Gasteiger partial charge >= 0.3 is 0 Å². The molecule has 0 radical (unpaired) electrons. The van der Waals surface area contributed by atoms with Crippen molar-refractivity contribution in [1.82, 2.24) is 24.5 Å². The van der Waals surface area contributed by atoms with Crippen LogP contribution in [0, 0.1) is 0 Å². The van der Waals surface area contributed by atoms with Crippen molar-refractivity contribution in [2.75, 3.05) is 6.54 Å². The molecule has 1 N–H and O–H groups in total. The van der Waals surface area contributed by atoms with Crippen LogP contribution in [0.5, 0.6) is 0 Å². The highest BCUT2D eigenvalue weighted by molar-refractivity contribution is 7.03. The lowest BCUT2D eigenvalue weighted by Gasteiger charge is -2.14. The molecule has 1 atom stereocenters. The van der Waals surface area contributed by atoms with Crippen LogP contribution in [0.4, 0.5) is 0 Å². The molecule has 0 aliphatic heterocycles. The van der Waals surface area contributed by atoms with E-state index in [9.17, 15) is 0 Å². The molecule has 0 bridgehead atoms. The van der Waals surface area contributed by atoms with Crippen LogP contribution < -0.4 is 5.32 Å². The summed E-state index contributed by atoms with van der Waals surface area (Å²) >= 11 is 1.38. The van der Waals surface area contributed by atoms with E-state index in [0.29, 0.717) is 0 Å². The van der Waals surface area contributed by atoms with Crippen molar-refractivity contribution < 1.29 is 0 Å². The minimum atomic E-state index is 0.199. The molecule has 0 saturated carbocycles. The molecule has 0 spiro atoms. The van der Waals surface area contributed by atoms with Gasteiger partial charge in [0, 0.05) is 31.2 Å². The summed E-state index contributed by atoms with van der Waals surface area (Å²) in [7, 11) is 2.00. The topological polar surface area (TPSA) is 55.6 Å². The molecule has 0 saturated heterocycles. The van der Waals surface area contributed by atoms with Gasteiger partial charge in [-0.05, 0) is 18.1 Å². The third-order valence-corrected chi connectivity index (χ3v) is 3.01.